The summed E-state index contributed by atoms with van der Waals surface area (Å²) in [5, 5.41) is -1.05. The number of sulfonamides is 1. The summed E-state index contributed by atoms with van der Waals surface area (Å²) in [6, 6.07) is -0.0150. The lowest BCUT2D eigenvalue weighted by Crippen LogP contribution is -2.56. The molecule has 1 saturated heterocycles. The third-order valence-corrected chi connectivity index (χ3v) is 6.00. The van der Waals surface area contributed by atoms with Crippen LogP contribution in [0.15, 0.2) is 0 Å². The molecule has 1 aliphatic heterocycles. The summed E-state index contributed by atoms with van der Waals surface area (Å²) in [6.07, 6.45) is 0.620. The molecule has 120 valence electrons. The van der Waals surface area contributed by atoms with E-state index in [-0.39, 0.29) is 23.9 Å². The maximum atomic E-state index is 12.5. The van der Waals surface area contributed by atoms with E-state index in [0.29, 0.717) is 19.5 Å². The molecule has 1 aliphatic rings. The molecule has 0 radical (unpaired) electrons. The number of nitrogens with two attached hydrogens (primary N) is 1. The van der Waals surface area contributed by atoms with Crippen molar-refractivity contribution in [3.8, 4) is 0 Å². The van der Waals surface area contributed by atoms with Gasteiger partial charge in [-0.15, -0.1) is 12.4 Å². The van der Waals surface area contributed by atoms with Crippen molar-refractivity contribution in [1.82, 2.24) is 9.21 Å². The molecule has 1 rings (SSSR count). The van der Waals surface area contributed by atoms with Gasteiger partial charge in [0.1, 0.15) is 0 Å². The number of nitrogens with zero attached hydrogens (tertiary/aromatic N) is 2. The lowest BCUT2D eigenvalue weighted by Gasteiger charge is -2.42. The minimum atomic E-state index is -3.61. The normalized spacial score (nSPS) is 24.6. The van der Waals surface area contributed by atoms with E-state index >= 15 is 0 Å². The minimum Gasteiger partial charge on any atom is -0.348 e. The van der Waals surface area contributed by atoms with Crippen LogP contribution in [-0.4, -0.2) is 62.0 Å². The Labute approximate surface area is 128 Å². The SMILES string of the molecule is CC(C(=O)N(C)C)S(=O)(=O)N1CCC(N)C(C)(C)C1.Cl. The lowest BCUT2D eigenvalue weighted by atomic mass is 9.81. The average Bonchev–Trinajstić information content (AvgIpc) is 2.30. The van der Waals surface area contributed by atoms with Crippen molar-refractivity contribution in [1.29, 1.82) is 0 Å². The summed E-state index contributed by atoms with van der Waals surface area (Å²) in [6.45, 7) is 6.11. The van der Waals surface area contributed by atoms with Gasteiger partial charge in [-0.25, -0.2) is 12.7 Å². The van der Waals surface area contributed by atoms with E-state index in [1.165, 1.54) is 16.1 Å². The fourth-order valence-electron chi connectivity index (χ4n) is 2.26. The van der Waals surface area contributed by atoms with Gasteiger partial charge in [0, 0.05) is 33.2 Å². The lowest BCUT2D eigenvalue weighted by molar-refractivity contribution is -0.128. The van der Waals surface area contributed by atoms with Crippen LogP contribution in [0.2, 0.25) is 0 Å². The first-order chi connectivity index (χ1) is 8.50. The second kappa shape index (κ2) is 6.60. The molecule has 2 N–H and O–H groups in total. The van der Waals surface area contributed by atoms with E-state index in [1.807, 2.05) is 13.8 Å². The van der Waals surface area contributed by atoms with Gasteiger partial charge in [0.05, 0.1) is 0 Å². The zero-order valence-electron chi connectivity index (χ0n) is 12.8. The molecule has 0 aliphatic carbocycles. The smallest absolute Gasteiger partial charge is 0.241 e. The van der Waals surface area contributed by atoms with Gasteiger partial charge in [-0.3, -0.25) is 4.79 Å². The Bertz CT molecular complexity index is 451. The quantitative estimate of drug-likeness (QED) is 0.806. The molecule has 0 bridgehead atoms. The molecule has 0 saturated carbocycles. The van der Waals surface area contributed by atoms with Crippen LogP contribution in [0.1, 0.15) is 27.2 Å². The van der Waals surface area contributed by atoms with E-state index < -0.39 is 21.2 Å². The molecule has 0 aromatic rings. The first kappa shape index (κ1) is 19.6. The molecule has 8 heteroatoms. The van der Waals surface area contributed by atoms with E-state index in [4.69, 9.17) is 5.73 Å². The highest BCUT2D eigenvalue weighted by molar-refractivity contribution is 7.90. The van der Waals surface area contributed by atoms with Gasteiger partial charge in [-0.1, -0.05) is 13.8 Å². The molecule has 20 heavy (non-hydrogen) atoms. The van der Waals surface area contributed by atoms with Crippen LogP contribution < -0.4 is 5.73 Å². The number of hydrogen-bond acceptors (Lipinski definition) is 4. The first-order valence-corrected chi connectivity index (χ1v) is 7.96. The van der Waals surface area contributed by atoms with Crippen molar-refractivity contribution >= 4 is 28.3 Å². The third-order valence-electron chi connectivity index (χ3n) is 3.87. The van der Waals surface area contributed by atoms with Gasteiger partial charge in [0.25, 0.3) is 0 Å². The second-order valence-corrected chi connectivity index (χ2v) is 8.39. The van der Waals surface area contributed by atoms with Crippen LogP contribution in [0, 0.1) is 5.41 Å². The van der Waals surface area contributed by atoms with Crippen molar-refractivity contribution in [2.24, 2.45) is 11.1 Å². The highest BCUT2D eigenvalue weighted by Gasteiger charge is 2.42. The Morgan fingerprint density at radius 1 is 1.40 bits per heavy atom. The van der Waals surface area contributed by atoms with Crippen molar-refractivity contribution in [2.45, 2.75) is 38.5 Å². The summed E-state index contributed by atoms with van der Waals surface area (Å²) in [4.78, 5) is 13.2. The first-order valence-electron chi connectivity index (χ1n) is 6.46. The Kier molecular flexibility index (Phi) is 6.47. The summed E-state index contributed by atoms with van der Waals surface area (Å²) in [7, 11) is -0.494. The number of rotatable bonds is 3. The van der Waals surface area contributed by atoms with Crippen molar-refractivity contribution in [3.63, 3.8) is 0 Å². The summed E-state index contributed by atoms with van der Waals surface area (Å²) in [5.41, 5.74) is 5.73. The number of carbonyl (C=O) groups is 1. The standard InChI is InChI=1S/C12H25N3O3S.ClH/c1-9(11(16)14(4)5)19(17,18)15-7-6-10(13)12(2,3)8-15;/h9-10H,6-8,13H2,1-5H3;1H. The highest BCUT2D eigenvalue weighted by atomic mass is 35.5. The van der Waals surface area contributed by atoms with E-state index in [2.05, 4.69) is 0 Å². The summed E-state index contributed by atoms with van der Waals surface area (Å²) in [5.74, 6) is -0.396. The topological polar surface area (TPSA) is 83.7 Å². The van der Waals surface area contributed by atoms with E-state index in [0.717, 1.165) is 0 Å². The Morgan fingerprint density at radius 3 is 2.30 bits per heavy atom. The zero-order valence-corrected chi connectivity index (χ0v) is 14.4. The summed E-state index contributed by atoms with van der Waals surface area (Å²) >= 11 is 0. The molecule has 2 unspecified atom stereocenters. The largest absolute Gasteiger partial charge is 0.348 e. The number of amides is 1. The number of piperidine rings is 1. The number of halogens is 1. The zero-order chi connectivity index (χ0) is 15.0. The van der Waals surface area contributed by atoms with Gasteiger partial charge in [-0.2, -0.15) is 0 Å². The predicted molar refractivity (Wildman–Crippen MR) is 82.3 cm³/mol. The Balaban J connectivity index is 0.00000361. The van der Waals surface area contributed by atoms with Crippen LogP contribution in [-0.2, 0) is 14.8 Å². The number of carbonyl (C=O) groups excluding carboxylic acids is 1. The molecule has 2 atom stereocenters. The molecule has 0 spiro atoms. The van der Waals surface area contributed by atoms with E-state index in [1.54, 1.807) is 14.1 Å². The molecule has 1 fully saturated rings. The van der Waals surface area contributed by atoms with Crippen LogP contribution >= 0.6 is 12.4 Å². The molecule has 1 heterocycles. The van der Waals surface area contributed by atoms with Crippen LogP contribution in [0.4, 0.5) is 0 Å². The highest BCUT2D eigenvalue weighted by Crippen LogP contribution is 2.30. The van der Waals surface area contributed by atoms with Gasteiger partial charge >= 0.3 is 0 Å². The van der Waals surface area contributed by atoms with Crippen LogP contribution in [0.5, 0.6) is 0 Å². The Hall–Kier alpha value is -0.370. The molecule has 1 amide bonds. The monoisotopic (exact) mass is 327 g/mol. The van der Waals surface area contributed by atoms with Crippen molar-refractivity contribution in [3.05, 3.63) is 0 Å². The molecular formula is C12H26ClN3O3S. The van der Waals surface area contributed by atoms with Gasteiger partial charge in [0.2, 0.25) is 15.9 Å². The fourth-order valence-corrected chi connectivity index (χ4v) is 4.04. The molecule has 6 nitrogen and oxygen atoms in total. The minimum absolute atomic E-state index is 0. The van der Waals surface area contributed by atoms with E-state index in [9.17, 15) is 13.2 Å². The van der Waals surface area contributed by atoms with Gasteiger partial charge in [-0.05, 0) is 18.8 Å². The van der Waals surface area contributed by atoms with Gasteiger partial charge < -0.3 is 10.6 Å². The molecule has 0 aromatic carbocycles. The van der Waals surface area contributed by atoms with Crippen molar-refractivity contribution in [2.75, 3.05) is 27.2 Å². The van der Waals surface area contributed by atoms with Crippen LogP contribution in [0.25, 0.3) is 0 Å². The van der Waals surface area contributed by atoms with Crippen molar-refractivity contribution < 1.29 is 13.2 Å². The van der Waals surface area contributed by atoms with Gasteiger partial charge in [0.15, 0.2) is 5.25 Å². The molecule has 0 aromatic heterocycles. The fraction of sp³-hybridized carbons (Fsp3) is 0.917. The van der Waals surface area contributed by atoms with Crippen LogP contribution in [0.3, 0.4) is 0 Å². The Morgan fingerprint density at radius 2 is 1.90 bits per heavy atom. The predicted octanol–water partition coefficient (Wildman–Crippen LogP) is 0.274. The maximum absolute atomic E-state index is 12.5. The average molecular weight is 328 g/mol. The summed E-state index contributed by atoms with van der Waals surface area (Å²) < 4.78 is 26.3. The second-order valence-electron chi connectivity index (χ2n) is 6.14. The number of hydrogen-bond donors (Lipinski definition) is 1. The maximum Gasteiger partial charge on any atom is 0.241 e. The molecular weight excluding hydrogens is 302 g/mol. The third kappa shape index (κ3) is 3.84.